The fourth-order valence-corrected chi connectivity index (χ4v) is 5.40. The third-order valence-electron chi connectivity index (χ3n) is 7.41. The van der Waals surface area contributed by atoms with Crippen LogP contribution in [0.4, 0.5) is 0 Å². The Morgan fingerprint density at radius 3 is 1.76 bits per heavy atom. The largest absolute Gasteiger partial charge is 0.489 e. The van der Waals surface area contributed by atoms with Gasteiger partial charge in [0.15, 0.2) is 0 Å². The molecule has 1 fully saturated rings. The van der Waals surface area contributed by atoms with Crippen LogP contribution in [0.3, 0.4) is 0 Å². The molecule has 1 saturated carbocycles. The maximum Gasteiger partial charge on any atom is 0.122 e. The number of rotatable bonds is 9. The molecule has 4 aromatic carbocycles. The van der Waals surface area contributed by atoms with Gasteiger partial charge in [0.2, 0.25) is 0 Å². The van der Waals surface area contributed by atoms with Crippen molar-refractivity contribution >= 4 is 5.84 Å². The molecule has 0 unspecified atom stereocenters. The van der Waals surface area contributed by atoms with E-state index in [4.69, 9.17) is 20.6 Å². The second kappa shape index (κ2) is 11.3. The van der Waals surface area contributed by atoms with Crippen molar-refractivity contribution < 1.29 is 9.47 Å². The van der Waals surface area contributed by atoms with Crippen molar-refractivity contribution in [3.8, 4) is 11.5 Å². The van der Waals surface area contributed by atoms with E-state index in [1.165, 1.54) is 43.2 Å². The molecule has 0 saturated heterocycles. The summed E-state index contributed by atoms with van der Waals surface area (Å²) < 4.78 is 12.1. The van der Waals surface area contributed by atoms with E-state index in [0.717, 1.165) is 22.6 Å². The van der Waals surface area contributed by atoms with Crippen molar-refractivity contribution in [1.29, 1.82) is 5.41 Å². The normalized spacial score (nSPS) is 14.6. The molecule has 0 aromatic heterocycles. The SMILES string of the molecule is N=C(N)c1ccc(OCc2cccc(COc3ccc(C4(c5ccccc5)CCCCC4)cc3)c2)cc1. The molecule has 0 radical (unpaired) electrons. The van der Waals surface area contributed by atoms with E-state index in [9.17, 15) is 0 Å². The van der Waals surface area contributed by atoms with Gasteiger partial charge in [-0.3, -0.25) is 5.41 Å². The molecule has 0 bridgehead atoms. The maximum atomic E-state index is 7.49. The zero-order valence-electron chi connectivity index (χ0n) is 21.2. The molecule has 0 aliphatic heterocycles. The highest BCUT2D eigenvalue weighted by atomic mass is 16.5. The van der Waals surface area contributed by atoms with Crippen LogP contribution in [-0.2, 0) is 18.6 Å². The summed E-state index contributed by atoms with van der Waals surface area (Å²) >= 11 is 0. The van der Waals surface area contributed by atoms with Crippen molar-refractivity contribution in [2.45, 2.75) is 50.7 Å². The van der Waals surface area contributed by atoms with Gasteiger partial charge in [-0.1, -0.05) is 79.9 Å². The highest BCUT2D eigenvalue weighted by Gasteiger charge is 2.35. The molecule has 4 heteroatoms. The van der Waals surface area contributed by atoms with Crippen LogP contribution in [0.25, 0.3) is 0 Å². The number of benzene rings is 4. The first kappa shape index (κ1) is 24.6. The van der Waals surface area contributed by atoms with Gasteiger partial charge in [0, 0.05) is 11.0 Å². The summed E-state index contributed by atoms with van der Waals surface area (Å²) in [7, 11) is 0. The quantitative estimate of drug-likeness (QED) is 0.190. The predicted molar refractivity (Wildman–Crippen MR) is 149 cm³/mol. The van der Waals surface area contributed by atoms with Gasteiger partial charge in [-0.05, 0) is 77.6 Å². The van der Waals surface area contributed by atoms with Crippen LogP contribution in [0.5, 0.6) is 11.5 Å². The summed E-state index contributed by atoms with van der Waals surface area (Å²) in [6, 6.07) is 35.3. The summed E-state index contributed by atoms with van der Waals surface area (Å²) in [4.78, 5) is 0. The first-order chi connectivity index (χ1) is 18.1. The van der Waals surface area contributed by atoms with E-state index in [0.29, 0.717) is 18.8 Å². The zero-order chi connectivity index (χ0) is 25.5. The van der Waals surface area contributed by atoms with E-state index in [2.05, 4.69) is 72.8 Å². The average Bonchev–Trinajstić information content (AvgIpc) is 2.96. The smallest absolute Gasteiger partial charge is 0.122 e. The molecule has 0 amide bonds. The average molecular weight is 491 g/mol. The Hall–Kier alpha value is -4.05. The molecule has 0 spiro atoms. The number of amidine groups is 1. The number of hydrogen-bond donors (Lipinski definition) is 2. The van der Waals surface area contributed by atoms with Crippen molar-refractivity contribution in [2.24, 2.45) is 5.73 Å². The third-order valence-corrected chi connectivity index (χ3v) is 7.41. The standard InChI is InChI=1S/C33H34N2O2/c34-32(35)27-12-16-30(17-13-27)36-23-25-8-7-9-26(22-25)24-37-31-18-14-29(15-19-31)33(20-5-2-6-21-33)28-10-3-1-4-11-28/h1,3-4,7-19,22H,2,5-6,20-21,23-24H2,(H3,34,35). The molecule has 0 heterocycles. The lowest BCUT2D eigenvalue weighted by atomic mass is 9.65. The van der Waals surface area contributed by atoms with Crippen LogP contribution >= 0.6 is 0 Å². The molecule has 3 N–H and O–H groups in total. The van der Waals surface area contributed by atoms with Gasteiger partial charge in [-0.2, -0.15) is 0 Å². The molecule has 188 valence electrons. The van der Waals surface area contributed by atoms with Gasteiger partial charge in [-0.15, -0.1) is 0 Å². The molecular weight excluding hydrogens is 456 g/mol. The van der Waals surface area contributed by atoms with Gasteiger partial charge >= 0.3 is 0 Å². The molecular formula is C33H34N2O2. The first-order valence-corrected chi connectivity index (χ1v) is 13.1. The summed E-state index contributed by atoms with van der Waals surface area (Å²) in [5.41, 5.74) is 11.3. The summed E-state index contributed by atoms with van der Waals surface area (Å²) in [6.45, 7) is 0.966. The van der Waals surface area contributed by atoms with Crippen molar-refractivity contribution in [3.05, 3.63) is 131 Å². The lowest BCUT2D eigenvalue weighted by molar-refractivity contribution is 0.299. The summed E-state index contributed by atoms with van der Waals surface area (Å²) in [5, 5.41) is 7.49. The van der Waals surface area contributed by atoms with Crippen LogP contribution in [0.15, 0.2) is 103 Å². The molecule has 1 aliphatic rings. The minimum absolute atomic E-state index is 0.0542. The minimum atomic E-state index is 0.0542. The Kier molecular flexibility index (Phi) is 7.55. The van der Waals surface area contributed by atoms with Crippen LogP contribution in [0.2, 0.25) is 0 Å². The van der Waals surface area contributed by atoms with Gasteiger partial charge < -0.3 is 15.2 Å². The van der Waals surface area contributed by atoms with E-state index in [-0.39, 0.29) is 11.3 Å². The van der Waals surface area contributed by atoms with Crippen LogP contribution < -0.4 is 15.2 Å². The second-order valence-electron chi connectivity index (χ2n) is 9.87. The number of nitrogens with two attached hydrogens (primary N) is 1. The fourth-order valence-electron chi connectivity index (χ4n) is 5.40. The van der Waals surface area contributed by atoms with Gasteiger partial charge in [0.1, 0.15) is 30.5 Å². The number of ether oxygens (including phenoxy) is 2. The minimum Gasteiger partial charge on any atom is -0.489 e. The van der Waals surface area contributed by atoms with Crippen molar-refractivity contribution in [3.63, 3.8) is 0 Å². The molecule has 4 aromatic rings. The van der Waals surface area contributed by atoms with Crippen LogP contribution in [-0.4, -0.2) is 5.84 Å². The Morgan fingerprint density at radius 1 is 0.649 bits per heavy atom. The number of nitrogens with one attached hydrogen (secondary N) is 1. The summed E-state index contributed by atoms with van der Waals surface area (Å²) in [5.74, 6) is 1.69. The summed E-state index contributed by atoms with van der Waals surface area (Å²) in [6.07, 6.45) is 6.28. The van der Waals surface area contributed by atoms with E-state index in [1.54, 1.807) is 12.1 Å². The lowest BCUT2D eigenvalue weighted by Crippen LogP contribution is -2.30. The number of nitrogen functional groups attached to an aromatic ring is 1. The van der Waals surface area contributed by atoms with E-state index >= 15 is 0 Å². The second-order valence-corrected chi connectivity index (χ2v) is 9.87. The molecule has 37 heavy (non-hydrogen) atoms. The van der Waals surface area contributed by atoms with Crippen molar-refractivity contribution in [1.82, 2.24) is 0 Å². The Labute approximate surface area is 219 Å². The maximum absolute atomic E-state index is 7.49. The Bertz CT molecular complexity index is 1310. The predicted octanol–water partition coefficient (Wildman–Crippen LogP) is 7.38. The van der Waals surface area contributed by atoms with E-state index in [1.807, 2.05) is 18.2 Å². The lowest BCUT2D eigenvalue weighted by Gasteiger charge is -2.38. The van der Waals surface area contributed by atoms with Crippen molar-refractivity contribution in [2.75, 3.05) is 0 Å². The highest BCUT2D eigenvalue weighted by molar-refractivity contribution is 5.94. The fraction of sp³-hybridized carbons (Fsp3) is 0.242. The molecule has 4 nitrogen and oxygen atoms in total. The molecule has 1 aliphatic carbocycles. The Morgan fingerprint density at radius 2 is 1.19 bits per heavy atom. The highest BCUT2D eigenvalue weighted by Crippen LogP contribution is 2.45. The van der Waals surface area contributed by atoms with Crippen LogP contribution in [0.1, 0.15) is 59.9 Å². The van der Waals surface area contributed by atoms with Crippen LogP contribution in [0, 0.1) is 5.41 Å². The zero-order valence-corrected chi connectivity index (χ0v) is 21.2. The first-order valence-electron chi connectivity index (χ1n) is 13.1. The Balaban J connectivity index is 1.21. The van der Waals surface area contributed by atoms with Gasteiger partial charge in [0.05, 0.1) is 0 Å². The van der Waals surface area contributed by atoms with E-state index < -0.39 is 0 Å². The monoisotopic (exact) mass is 490 g/mol. The molecule has 5 rings (SSSR count). The van der Waals surface area contributed by atoms with Gasteiger partial charge in [0.25, 0.3) is 0 Å². The molecule has 0 atom stereocenters. The third kappa shape index (κ3) is 5.86. The topological polar surface area (TPSA) is 68.3 Å². The number of hydrogen-bond acceptors (Lipinski definition) is 3. The van der Waals surface area contributed by atoms with Gasteiger partial charge in [-0.25, -0.2) is 0 Å².